The molecule has 0 saturated heterocycles. The molecule has 0 fully saturated rings. The van der Waals surface area contributed by atoms with Crippen molar-refractivity contribution in [2.45, 2.75) is 0 Å². The van der Waals surface area contributed by atoms with Crippen LogP contribution in [0.2, 0.25) is 0 Å². The van der Waals surface area contributed by atoms with E-state index in [0.717, 1.165) is 27.5 Å². The van der Waals surface area contributed by atoms with Gasteiger partial charge in [-0.25, -0.2) is 4.85 Å². The van der Waals surface area contributed by atoms with E-state index in [9.17, 15) is 0 Å². The molecule has 206 valence electrons. The van der Waals surface area contributed by atoms with E-state index in [0.29, 0.717) is 5.69 Å². The first-order valence-electron chi connectivity index (χ1n) is 15.3. The van der Waals surface area contributed by atoms with E-state index in [2.05, 4.69) is 149 Å². The molecule has 45 heavy (non-hydrogen) atoms. The minimum absolute atomic E-state index is 0.695. The van der Waals surface area contributed by atoms with Crippen molar-refractivity contribution in [3.05, 3.63) is 157 Å². The third kappa shape index (κ3) is 3.33. The lowest BCUT2D eigenvalue weighted by atomic mass is 9.88. The van der Waals surface area contributed by atoms with Gasteiger partial charge >= 0.3 is 0 Å². The molecule has 10 aromatic rings. The Hall–Kier alpha value is -6.17. The lowest BCUT2D eigenvalue weighted by Gasteiger charge is -2.15. The first kappa shape index (κ1) is 24.3. The molecule has 0 saturated carbocycles. The molecular formula is C43H24N2. The van der Waals surface area contributed by atoms with E-state index in [1.165, 1.54) is 65.3 Å². The summed E-state index contributed by atoms with van der Waals surface area (Å²) < 4.78 is 2.34. The average Bonchev–Trinajstić information content (AvgIpc) is 3.45. The SMILES string of the molecule is [C-]#[N+]c1ccc2c3c1ccc1c(-c4cc5ccc6cc(-c7ccccc7)cc7ccc(c4)c5c67)ccc(c13)n2-c1ccccc1. The van der Waals surface area contributed by atoms with Gasteiger partial charge in [-0.2, -0.15) is 0 Å². The zero-order valence-corrected chi connectivity index (χ0v) is 24.3. The minimum atomic E-state index is 0.695. The molecule has 0 aliphatic carbocycles. The van der Waals surface area contributed by atoms with Gasteiger partial charge in [0.25, 0.3) is 0 Å². The number of nitrogens with zero attached hydrogens (tertiary/aromatic N) is 2. The fourth-order valence-electron chi connectivity index (χ4n) is 7.74. The Morgan fingerprint density at radius 3 is 1.58 bits per heavy atom. The standard InChI is InChI=1S/C43H24N2/c1-44-37-19-21-39-43-36(37)17-16-35-34(18-20-38(42(35)43)45(39)33-10-6-3-7-11-33)32-24-29-14-12-27-22-31(26-8-4-2-5-9-26)23-28-13-15-30(25-32)41(29)40(27)28/h2-25H. The van der Waals surface area contributed by atoms with Gasteiger partial charge in [0.05, 0.1) is 17.6 Å². The van der Waals surface area contributed by atoms with Gasteiger partial charge in [-0.05, 0) is 114 Å². The van der Waals surface area contributed by atoms with Crippen LogP contribution in [0.3, 0.4) is 0 Å². The van der Waals surface area contributed by atoms with Crippen molar-refractivity contribution in [2.75, 3.05) is 0 Å². The third-order valence-electron chi connectivity index (χ3n) is 9.66. The summed E-state index contributed by atoms with van der Waals surface area (Å²) in [5.41, 5.74) is 9.01. The maximum atomic E-state index is 7.86. The van der Waals surface area contributed by atoms with E-state index < -0.39 is 0 Å². The van der Waals surface area contributed by atoms with Crippen LogP contribution in [-0.4, -0.2) is 4.57 Å². The average molecular weight is 569 g/mol. The first-order chi connectivity index (χ1) is 22.3. The normalized spacial score (nSPS) is 12.0. The first-order valence-corrected chi connectivity index (χ1v) is 15.3. The van der Waals surface area contributed by atoms with Crippen LogP contribution in [0.5, 0.6) is 0 Å². The van der Waals surface area contributed by atoms with Crippen LogP contribution in [0.1, 0.15) is 0 Å². The fraction of sp³-hybridized carbons (Fsp3) is 0. The highest BCUT2D eigenvalue weighted by molar-refractivity contribution is 6.29. The summed E-state index contributed by atoms with van der Waals surface area (Å²) in [5, 5.41) is 12.3. The number of hydrogen-bond acceptors (Lipinski definition) is 0. The quantitative estimate of drug-likeness (QED) is 0.148. The lowest BCUT2D eigenvalue weighted by molar-refractivity contribution is 1.18. The summed E-state index contributed by atoms with van der Waals surface area (Å²) in [7, 11) is 0. The molecule has 9 aromatic carbocycles. The molecule has 0 aliphatic rings. The van der Waals surface area contributed by atoms with E-state index in [-0.39, 0.29) is 0 Å². The van der Waals surface area contributed by atoms with Crippen molar-refractivity contribution in [1.82, 2.24) is 4.57 Å². The van der Waals surface area contributed by atoms with Crippen LogP contribution in [0.4, 0.5) is 5.69 Å². The van der Waals surface area contributed by atoms with Gasteiger partial charge in [0.15, 0.2) is 5.69 Å². The van der Waals surface area contributed by atoms with Crippen LogP contribution >= 0.6 is 0 Å². The summed E-state index contributed by atoms with van der Waals surface area (Å²) in [4.78, 5) is 3.88. The van der Waals surface area contributed by atoms with Crippen molar-refractivity contribution in [1.29, 1.82) is 0 Å². The second-order valence-corrected chi connectivity index (χ2v) is 12.0. The van der Waals surface area contributed by atoms with Crippen LogP contribution in [-0.2, 0) is 0 Å². The van der Waals surface area contributed by atoms with Gasteiger partial charge in [0.2, 0.25) is 0 Å². The van der Waals surface area contributed by atoms with Crippen molar-refractivity contribution < 1.29 is 0 Å². The minimum Gasteiger partial charge on any atom is -0.309 e. The highest BCUT2D eigenvalue weighted by Gasteiger charge is 2.21. The molecule has 0 atom stereocenters. The van der Waals surface area contributed by atoms with Gasteiger partial charge in [-0.1, -0.05) is 97.1 Å². The second-order valence-electron chi connectivity index (χ2n) is 12.0. The van der Waals surface area contributed by atoms with Crippen LogP contribution < -0.4 is 0 Å². The summed E-state index contributed by atoms with van der Waals surface area (Å²) >= 11 is 0. The highest BCUT2D eigenvalue weighted by Crippen LogP contribution is 2.46. The number of aromatic nitrogens is 1. The Morgan fingerprint density at radius 1 is 0.422 bits per heavy atom. The molecule has 2 heteroatoms. The number of benzene rings is 9. The molecule has 0 unspecified atom stereocenters. The lowest BCUT2D eigenvalue weighted by Crippen LogP contribution is -1.93. The summed E-state index contributed by atoms with van der Waals surface area (Å²) in [6.07, 6.45) is 0. The maximum absolute atomic E-state index is 7.86. The fourth-order valence-corrected chi connectivity index (χ4v) is 7.74. The highest BCUT2D eigenvalue weighted by atomic mass is 15.0. The van der Waals surface area contributed by atoms with Crippen molar-refractivity contribution in [3.63, 3.8) is 0 Å². The summed E-state index contributed by atoms with van der Waals surface area (Å²) in [5.74, 6) is 0. The Bertz CT molecular complexity index is 2730. The zero-order chi connectivity index (χ0) is 29.6. The van der Waals surface area contributed by atoms with Crippen LogP contribution in [0.25, 0.3) is 97.7 Å². The molecule has 0 aliphatic heterocycles. The molecule has 1 heterocycles. The van der Waals surface area contributed by atoms with E-state index >= 15 is 0 Å². The molecular weight excluding hydrogens is 544 g/mol. The predicted molar refractivity (Wildman–Crippen MR) is 190 cm³/mol. The Balaban J connectivity index is 1.24. The Kier molecular flexibility index (Phi) is 4.82. The maximum Gasteiger partial charge on any atom is 0.195 e. The smallest absolute Gasteiger partial charge is 0.195 e. The van der Waals surface area contributed by atoms with Gasteiger partial charge in [-0.15, -0.1) is 0 Å². The van der Waals surface area contributed by atoms with Gasteiger partial charge in [0.1, 0.15) is 0 Å². The van der Waals surface area contributed by atoms with Crippen molar-refractivity contribution in [2.24, 2.45) is 0 Å². The monoisotopic (exact) mass is 568 g/mol. The molecule has 10 rings (SSSR count). The number of hydrogen-bond donors (Lipinski definition) is 0. The summed E-state index contributed by atoms with van der Waals surface area (Å²) in [6.45, 7) is 7.86. The largest absolute Gasteiger partial charge is 0.309 e. The summed E-state index contributed by atoms with van der Waals surface area (Å²) in [6, 6.07) is 52.6. The van der Waals surface area contributed by atoms with E-state index in [1.807, 2.05) is 6.07 Å². The number of rotatable bonds is 3. The Labute approximate surface area is 259 Å². The molecule has 0 amide bonds. The third-order valence-corrected chi connectivity index (χ3v) is 9.66. The predicted octanol–water partition coefficient (Wildman–Crippen LogP) is 12.2. The Morgan fingerprint density at radius 2 is 0.956 bits per heavy atom. The molecule has 0 N–H and O–H groups in total. The van der Waals surface area contributed by atoms with Gasteiger partial charge < -0.3 is 4.57 Å². The van der Waals surface area contributed by atoms with E-state index in [1.54, 1.807) is 0 Å². The molecule has 2 nitrogen and oxygen atoms in total. The van der Waals surface area contributed by atoms with Crippen molar-refractivity contribution >= 4 is 70.6 Å². The zero-order valence-electron chi connectivity index (χ0n) is 24.3. The van der Waals surface area contributed by atoms with Crippen LogP contribution in [0, 0.1) is 6.57 Å². The molecule has 1 aromatic heterocycles. The van der Waals surface area contributed by atoms with Crippen molar-refractivity contribution in [3.8, 4) is 27.9 Å². The van der Waals surface area contributed by atoms with E-state index in [4.69, 9.17) is 6.57 Å². The topological polar surface area (TPSA) is 9.29 Å². The molecule has 0 bridgehead atoms. The molecule has 0 spiro atoms. The van der Waals surface area contributed by atoms with Gasteiger partial charge in [0, 0.05) is 16.5 Å². The van der Waals surface area contributed by atoms with Crippen LogP contribution in [0.15, 0.2) is 146 Å². The number of para-hydroxylation sites is 1. The van der Waals surface area contributed by atoms with Gasteiger partial charge in [-0.3, -0.25) is 0 Å². The molecule has 0 radical (unpaired) electrons. The second kappa shape index (κ2) is 8.92.